The number of rotatable bonds is 12. The van der Waals surface area contributed by atoms with Crippen LogP contribution < -0.4 is 9.47 Å². The van der Waals surface area contributed by atoms with Crippen molar-refractivity contribution in [2.75, 3.05) is 26.3 Å². The Kier molecular flexibility index (Phi) is 9.21. The minimum absolute atomic E-state index is 0.184. The summed E-state index contributed by atoms with van der Waals surface area (Å²) in [6.45, 7) is 2.94. The highest BCUT2D eigenvalue weighted by atomic mass is 19.1. The first-order chi connectivity index (χ1) is 16.4. The van der Waals surface area contributed by atoms with Gasteiger partial charge in [0.05, 0.1) is 6.54 Å². The first-order valence-corrected chi connectivity index (χ1v) is 11.3. The van der Waals surface area contributed by atoms with E-state index < -0.39 is 29.8 Å². The average molecular weight is 478 g/mol. The molecule has 1 saturated carbocycles. The Morgan fingerprint density at radius 2 is 1.88 bits per heavy atom. The molecule has 184 valence electrons. The zero-order chi connectivity index (χ0) is 24.5. The number of nitrogens with zero attached hydrogens (tertiary/aromatic N) is 1. The van der Waals surface area contributed by atoms with Gasteiger partial charge in [0.1, 0.15) is 18.2 Å². The molecular weight excluding hydrogens is 448 g/mol. The molecule has 0 saturated heterocycles. The Labute approximate surface area is 197 Å². The number of hydrogen-bond donors (Lipinski definition) is 1. The second-order valence-corrected chi connectivity index (χ2v) is 8.16. The van der Waals surface area contributed by atoms with Crippen LogP contribution in [0.2, 0.25) is 0 Å². The van der Waals surface area contributed by atoms with Gasteiger partial charge in [-0.15, -0.1) is 0 Å². The molecule has 1 atom stereocenters. The highest BCUT2D eigenvalue weighted by Gasteiger charge is 2.25. The summed E-state index contributed by atoms with van der Waals surface area (Å²) in [6.07, 6.45) is 1.74. The van der Waals surface area contributed by atoms with Gasteiger partial charge in [-0.3, -0.25) is 0 Å². The van der Waals surface area contributed by atoms with Crippen LogP contribution in [0.3, 0.4) is 0 Å². The van der Waals surface area contributed by atoms with Crippen molar-refractivity contribution in [1.82, 2.24) is 4.90 Å². The highest BCUT2D eigenvalue weighted by Crippen LogP contribution is 2.28. The monoisotopic (exact) mass is 477 g/mol. The molecule has 0 radical (unpaired) electrons. The van der Waals surface area contributed by atoms with E-state index in [0.717, 1.165) is 37.0 Å². The summed E-state index contributed by atoms with van der Waals surface area (Å²) >= 11 is 0. The van der Waals surface area contributed by atoms with Crippen molar-refractivity contribution in [1.29, 1.82) is 0 Å². The van der Waals surface area contributed by atoms with Crippen molar-refractivity contribution in [3.63, 3.8) is 0 Å². The molecule has 2 aromatic rings. The normalized spacial score (nSPS) is 14.2. The van der Waals surface area contributed by atoms with E-state index in [2.05, 4.69) is 0 Å². The lowest BCUT2D eigenvalue weighted by Crippen LogP contribution is -2.41. The third-order valence-electron chi connectivity index (χ3n) is 5.67. The van der Waals surface area contributed by atoms with E-state index in [1.165, 1.54) is 4.90 Å². The summed E-state index contributed by atoms with van der Waals surface area (Å²) < 4.78 is 43.1. The molecule has 1 fully saturated rings. The fraction of sp³-hybridized carbons (Fsp3) is 0.440. The second-order valence-electron chi connectivity index (χ2n) is 8.16. The Hall–Kier alpha value is -3.20. The van der Waals surface area contributed by atoms with Gasteiger partial charge in [-0.05, 0) is 55.5 Å². The largest absolute Gasteiger partial charge is 0.492 e. The molecule has 0 spiro atoms. The molecule has 1 aliphatic carbocycles. The number of carboxylic acids is 1. The number of aliphatic carboxylic acids is 1. The van der Waals surface area contributed by atoms with Crippen LogP contribution >= 0.6 is 0 Å². The molecule has 2 aromatic carbocycles. The van der Waals surface area contributed by atoms with Gasteiger partial charge in [0.25, 0.3) is 0 Å². The number of carbonyl (C=O) groups is 2. The minimum atomic E-state index is -1.01. The lowest BCUT2D eigenvalue weighted by Gasteiger charge is -2.31. The minimum Gasteiger partial charge on any atom is -0.492 e. The third kappa shape index (κ3) is 7.41. The maximum atomic E-state index is 13.9. The molecule has 3 rings (SSSR count). The molecule has 1 aliphatic rings. The maximum Gasteiger partial charge on any atom is 0.415 e. The Balaban J connectivity index is 1.54. The van der Waals surface area contributed by atoms with Gasteiger partial charge in [-0.25, -0.2) is 18.4 Å². The van der Waals surface area contributed by atoms with E-state index in [-0.39, 0.29) is 25.3 Å². The molecule has 0 heterocycles. The van der Waals surface area contributed by atoms with Gasteiger partial charge in [-0.1, -0.05) is 18.6 Å². The summed E-state index contributed by atoms with van der Waals surface area (Å²) in [6, 6.07) is 9.76. The lowest BCUT2D eigenvalue weighted by molar-refractivity contribution is -0.149. The number of ether oxygens (including phenoxy) is 3. The van der Waals surface area contributed by atoms with E-state index in [4.69, 9.17) is 14.2 Å². The summed E-state index contributed by atoms with van der Waals surface area (Å²) in [5.74, 6) is -2.11. The molecule has 0 aromatic heterocycles. The zero-order valence-corrected chi connectivity index (χ0v) is 19.0. The Morgan fingerprint density at radius 1 is 1.15 bits per heavy atom. The van der Waals surface area contributed by atoms with Crippen molar-refractivity contribution in [2.24, 2.45) is 5.92 Å². The van der Waals surface area contributed by atoms with Gasteiger partial charge >= 0.3 is 12.1 Å². The summed E-state index contributed by atoms with van der Waals surface area (Å²) in [5.41, 5.74) is 0.796. The standard InChI is InChI=1S/C25H29F2NO6/c1-2-32-23(24(29)30)14-17-6-9-20(10-7-17)33-13-12-28(16-18-4-3-5-18)25(31)34-22-11-8-19(26)15-21(22)27/h6-11,15,18,23H,2-5,12-14,16H2,1H3,(H,29,30). The van der Waals surface area contributed by atoms with Crippen LogP contribution in [0.1, 0.15) is 31.7 Å². The number of carbonyl (C=O) groups excluding carboxylic acids is 1. The second kappa shape index (κ2) is 12.3. The van der Waals surface area contributed by atoms with Gasteiger partial charge in [0.2, 0.25) is 0 Å². The summed E-state index contributed by atoms with van der Waals surface area (Å²) in [7, 11) is 0. The Morgan fingerprint density at radius 3 is 2.47 bits per heavy atom. The summed E-state index contributed by atoms with van der Waals surface area (Å²) in [4.78, 5) is 25.4. The molecule has 1 amide bonds. The van der Waals surface area contributed by atoms with Gasteiger partial charge in [0.15, 0.2) is 17.7 Å². The first kappa shape index (κ1) is 25.4. The van der Waals surface area contributed by atoms with Crippen LogP contribution in [0.5, 0.6) is 11.5 Å². The van der Waals surface area contributed by atoms with Crippen molar-refractivity contribution in [3.8, 4) is 11.5 Å². The quantitative estimate of drug-likeness (QED) is 0.478. The van der Waals surface area contributed by atoms with Crippen molar-refractivity contribution in [3.05, 3.63) is 59.7 Å². The van der Waals surface area contributed by atoms with Gasteiger partial charge in [0, 0.05) is 25.6 Å². The van der Waals surface area contributed by atoms with Crippen LogP contribution in [0, 0.1) is 17.6 Å². The topological polar surface area (TPSA) is 85.3 Å². The number of halogens is 2. The van der Waals surface area contributed by atoms with E-state index in [1.807, 2.05) is 0 Å². The predicted octanol–water partition coefficient (Wildman–Crippen LogP) is 4.68. The van der Waals surface area contributed by atoms with Gasteiger partial charge in [-0.2, -0.15) is 0 Å². The van der Waals surface area contributed by atoms with Crippen molar-refractivity contribution in [2.45, 2.75) is 38.7 Å². The maximum absolute atomic E-state index is 13.9. The predicted molar refractivity (Wildman–Crippen MR) is 120 cm³/mol. The van der Waals surface area contributed by atoms with Crippen LogP contribution in [-0.2, 0) is 16.0 Å². The summed E-state index contributed by atoms with van der Waals surface area (Å²) in [5, 5.41) is 9.21. The lowest BCUT2D eigenvalue weighted by atomic mass is 9.85. The van der Waals surface area contributed by atoms with Crippen LogP contribution in [0.25, 0.3) is 0 Å². The van der Waals surface area contributed by atoms with E-state index in [0.29, 0.717) is 30.9 Å². The van der Waals surface area contributed by atoms with E-state index >= 15 is 0 Å². The molecule has 1 N–H and O–H groups in total. The molecule has 34 heavy (non-hydrogen) atoms. The van der Waals surface area contributed by atoms with E-state index in [1.54, 1.807) is 31.2 Å². The molecule has 7 nitrogen and oxygen atoms in total. The number of benzene rings is 2. The Bertz CT molecular complexity index is 964. The molecule has 0 bridgehead atoms. The SMILES string of the molecule is CCOC(Cc1ccc(OCCN(CC2CCC2)C(=O)Oc2ccc(F)cc2F)cc1)C(=O)O. The fourth-order valence-corrected chi connectivity index (χ4v) is 3.59. The fourth-order valence-electron chi connectivity index (χ4n) is 3.59. The molecule has 9 heteroatoms. The molecule has 1 unspecified atom stereocenters. The molecular formula is C25H29F2NO6. The first-order valence-electron chi connectivity index (χ1n) is 11.3. The van der Waals surface area contributed by atoms with Crippen LogP contribution in [0.4, 0.5) is 13.6 Å². The third-order valence-corrected chi connectivity index (χ3v) is 5.67. The number of carboxylic acid groups (broad SMARTS) is 1. The smallest absolute Gasteiger partial charge is 0.415 e. The molecule has 0 aliphatic heterocycles. The highest BCUT2D eigenvalue weighted by molar-refractivity contribution is 5.72. The average Bonchev–Trinajstić information content (AvgIpc) is 2.77. The zero-order valence-electron chi connectivity index (χ0n) is 19.0. The van der Waals surface area contributed by atoms with Crippen molar-refractivity contribution >= 4 is 12.1 Å². The van der Waals surface area contributed by atoms with Crippen LogP contribution in [-0.4, -0.2) is 54.5 Å². The number of hydrogen-bond acceptors (Lipinski definition) is 5. The number of amides is 1. The van der Waals surface area contributed by atoms with Crippen molar-refractivity contribution < 1.29 is 37.7 Å². The van der Waals surface area contributed by atoms with E-state index in [9.17, 15) is 23.5 Å². The van der Waals surface area contributed by atoms with Gasteiger partial charge < -0.3 is 24.2 Å². The van der Waals surface area contributed by atoms with Crippen LogP contribution in [0.15, 0.2) is 42.5 Å².